The number of hydrogen-bond donors (Lipinski definition) is 2. The lowest BCUT2D eigenvalue weighted by Gasteiger charge is -2.35. The van der Waals surface area contributed by atoms with Crippen molar-refractivity contribution in [2.75, 3.05) is 19.7 Å². The van der Waals surface area contributed by atoms with Crippen molar-refractivity contribution < 1.29 is 10.2 Å². The molecule has 0 amide bonds. The molecule has 0 aromatic heterocycles. The second-order valence-electron chi connectivity index (χ2n) is 3.68. The average Bonchev–Trinajstić information content (AvgIpc) is 2.04. The Morgan fingerprint density at radius 1 is 1.50 bits per heavy atom. The molecular formula is C9H19NO2. The van der Waals surface area contributed by atoms with E-state index < -0.39 is 0 Å². The highest BCUT2D eigenvalue weighted by atomic mass is 16.3. The van der Waals surface area contributed by atoms with Gasteiger partial charge < -0.3 is 10.2 Å². The Labute approximate surface area is 74.0 Å². The summed E-state index contributed by atoms with van der Waals surface area (Å²) in [6.45, 7) is 3.75. The SMILES string of the molecule is C[C@@H](O)CN1CCCCC1CO. The molecule has 1 saturated heterocycles. The van der Waals surface area contributed by atoms with E-state index in [9.17, 15) is 5.11 Å². The molecule has 0 aromatic rings. The molecule has 0 saturated carbocycles. The van der Waals surface area contributed by atoms with E-state index in [4.69, 9.17) is 5.11 Å². The monoisotopic (exact) mass is 173 g/mol. The van der Waals surface area contributed by atoms with Gasteiger partial charge in [0.05, 0.1) is 12.7 Å². The number of hydrogen-bond acceptors (Lipinski definition) is 3. The average molecular weight is 173 g/mol. The Hall–Kier alpha value is -0.120. The number of aliphatic hydroxyl groups excluding tert-OH is 2. The normalized spacial score (nSPS) is 28.8. The van der Waals surface area contributed by atoms with E-state index >= 15 is 0 Å². The Morgan fingerprint density at radius 3 is 2.83 bits per heavy atom. The van der Waals surface area contributed by atoms with Crippen LogP contribution in [0.3, 0.4) is 0 Å². The Balaban J connectivity index is 2.36. The fourth-order valence-electron chi connectivity index (χ4n) is 1.85. The van der Waals surface area contributed by atoms with Crippen LogP contribution in [-0.2, 0) is 0 Å². The lowest BCUT2D eigenvalue weighted by atomic mass is 10.0. The number of rotatable bonds is 3. The largest absolute Gasteiger partial charge is 0.395 e. The van der Waals surface area contributed by atoms with Gasteiger partial charge in [0.25, 0.3) is 0 Å². The summed E-state index contributed by atoms with van der Waals surface area (Å²) >= 11 is 0. The summed E-state index contributed by atoms with van der Waals surface area (Å²) in [6.07, 6.45) is 3.20. The first-order chi connectivity index (χ1) is 5.74. The van der Waals surface area contributed by atoms with Gasteiger partial charge in [-0.05, 0) is 26.3 Å². The van der Waals surface area contributed by atoms with E-state index in [0.29, 0.717) is 6.54 Å². The van der Waals surface area contributed by atoms with Crippen LogP contribution in [0.2, 0.25) is 0 Å². The predicted molar refractivity (Wildman–Crippen MR) is 48.0 cm³/mol. The molecule has 3 heteroatoms. The van der Waals surface area contributed by atoms with Crippen molar-refractivity contribution >= 4 is 0 Å². The molecule has 0 aromatic carbocycles. The van der Waals surface area contributed by atoms with Crippen molar-refractivity contribution in [2.24, 2.45) is 0 Å². The molecule has 0 bridgehead atoms. The zero-order valence-corrected chi connectivity index (χ0v) is 7.74. The van der Waals surface area contributed by atoms with E-state index in [1.54, 1.807) is 6.92 Å². The Bertz CT molecular complexity index is 128. The third-order valence-electron chi connectivity index (χ3n) is 2.46. The molecule has 1 aliphatic heterocycles. The fraction of sp³-hybridized carbons (Fsp3) is 1.00. The third-order valence-corrected chi connectivity index (χ3v) is 2.46. The lowest BCUT2D eigenvalue weighted by molar-refractivity contribution is 0.0484. The van der Waals surface area contributed by atoms with Crippen LogP contribution in [0.15, 0.2) is 0 Å². The molecule has 2 N–H and O–H groups in total. The van der Waals surface area contributed by atoms with Gasteiger partial charge in [-0.1, -0.05) is 6.42 Å². The van der Waals surface area contributed by atoms with Gasteiger partial charge in [0.15, 0.2) is 0 Å². The standard InChI is InChI=1S/C9H19NO2/c1-8(12)6-10-5-3-2-4-9(10)7-11/h8-9,11-12H,2-7H2,1H3/t8-,9?/m1/s1. The van der Waals surface area contributed by atoms with Gasteiger partial charge in [0.1, 0.15) is 0 Å². The van der Waals surface area contributed by atoms with Crippen molar-refractivity contribution in [3.8, 4) is 0 Å². The van der Waals surface area contributed by atoms with Gasteiger partial charge in [-0.15, -0.1) is 0 Å². The molecule has 2 atom stereocenters. The summed E-state index contributed by atoms with van der Waals surface area (Å²) in [7, 11) is 0. The molecule has 1 heterocycles. The lowest BCUT2D eigenvalue weighted by Crippen LogP contribution is -2.44. The summed E-state index contributed by atoms with van der Waals surface area (Å²) < 4.78 is 0. The van der Waals surface area contributed by atoms with Crippen molar-refractivity contribution in [3.05, 3.63) is 0 Å². The van der Waals surface area contributed by atoms with Crippen LogP contribution in [0.25, 0.3) is 0 Å². The highest BCUT2D eigenvalue weighted by Crippen LogP contribution is 2.16. The number of piperidine rings is 1. The first-order valence-corrected chi connectivity index (χ1v) is 4.77. The van der Waals surface area contributed by atoms with Gasteiger partial charge in [-0.3, -0.25) is 4.90 Å². The van der Waals surface area contributed by atoms with Crippen LogP contribution in [0.1, 0.15) is 26.2 Å². The second kappa shape index (κ2) is 4.80. The summed E-state index contributed by atoms with van der Waals surface area (Å²) in [6, 6.07) is 0.286. The zero-order chi connectivity index (χ0) is 8.97. The molecule has 0 radical (unpaired) electrons. The maximum atomic E-state index is 9.19. The van der Waals surface area contributed by atoms with Gasteiger partial charge in [0, 0.05) is 12.6 Å². The highest BCUT2D eigenvalue weighted by Gasteiger charge is 2.21. The number of likely N-dealkylation sites (tertiary alicyclic amines) is 1. The van der Waals surface area contributed by atoms with E-state index in [0.717, 1.165) is 13.0 Å². The van der Waals surface area contributed by atoms with Crippen LogP contribution in [0.4, 0.5) is 0 Å². The summed E-state index contributed by atoms with van der Waals surface area (Å²) in [4.78, 5) is 2.19. The molecule has 1 rings (SSSR count). The van der Waals surface area contributed by atoms with Crippen molar-refractivity contribution in [1.29, 1.82) is 0 Å². The minimum atomic E-state index is -0.280. The quantitative estimate of drug-likeness (QED) is 0.641. The van der Waals surface area contributed by atoms with E-state index in [2.05, 4.69) is 4.90 Å². The summed E-state index contributed by atoms with van der Waals surface area (Å²) in [5.41, 5.74) is 0. The second-order valence-corrected chi connectivity index (χ2v) is 3.68. The number of aliphatic hydroxyl groups is 2. The Kier molecular flexibility index (Phi) is 3.98. The number of β-amino-alcohol motifs (C(OH)–C–C–N with tert-alkyl or cyclic N) is 1. The molecular weight excluding hydrogens is 154 g/mol. The van der Waals surface area contributed by atoms with Crippen LogP contribution >= 0.6 is 0 Å². The first kappa shape index (κ1) is 9.96. The molecule has 1 unspecified atom stereocenters. The molecule has 3 nitrogen and oxygen atoms in total. The van der Waals surface area contributed by atoms with Gasteiger partial charge >= 0.3 is 0 Å². The molecule has 0 spiro atoms. The molecule has 1 fully saturated rings. The van der Waals surface area contributed by atoms with E-state index in [-0.39, 0.29) is 18.8 Å². The highest BCUT2D eigenvalue weighted by molar-refractivity contribution is 4.77. The molecule has 1 aliphatic rings. The molecule has 0 aliphatic carbocycles. The van der Waals surface area contributed by atoms with E-state index in [1.807, 2.05) is 0 Å². The number of nitrogens with zero attached hydrogens (tertiary/aromatic N) is 1. The van der Waals surface area contributed by atoms with Gasteiger partial charge in [0.2, 0.25) is 0 Å². The summed E-state index contributed by atoms with van der Waals surface area (Å²) in [5, 5.41) is 18.2. The van der Waals surface area contributed by atoms with Crippen molar-refractivity contribution in [2.45, 2.75) is 38.3 Å². The first-order valence-electron chi connectivity index (χ1n) is 4.77. The topological polar surface area (TPSA) is 43.7 Å². The molecule has 72 valence electrons. The zero-order valence-electron chi connectivity index (χ0n) is 7.74. The predicted octanol–water partition coefficient (Wildman–Crippen LogP) is 0.214. The van der Waals surface area contributed by atoms with Crippen LogP contribution in [0, 0.1) is 0 Å². The van der Waals surface area contributed by atoms with Gasteiger partial charge in [-0.2, -0.15) is 0 Å². The van der Waals surface area contributed by atoms with Crippen LogP contribution in [-0.4, -0.2) is 47.0 Å². The van der Waals surface area contributed by atoms with E-state index in [1.165, 1.54) is 12.8 Å². The minimum Gasteiger partial charge on any atom is -0.395 e. The summed E-state index contributed by atoms with van der Waals surface area (Å²) in [5.74, 6) is 0. The van der Waals surface area contributed by atoms with Crippen molar-refractivity contribution in [1.82, 2.24) is 4.90 Å². The fourth-order valence-corrected chi connectivity index (χ4v) is 1.85. The van der Waals surface area contributed by atoms with Gasteiger partial charge in [-0.25, -0.2) is 0 Å². The Morgan fingerprint density at radius 2 is 2.25 bits per heavy atom. The maximum absolute atomic E-state index is 9.19. The van der Waals surface area contributed by atoms with Crippen LogP contribution < -0.4 is 0 Å². The minimum absolute atomic E-state index is 0.229. The maximum Gasteiger partial charge on any atom is 0.0639 e. The molecule has 12 heavy (non-hydrogen) atoms. The third kappa shape index (κ3) is 2.73. The smallest absolute Gasteiger partial charge is 0.0639 e. The van der Waals surface area contributed by atoms with Crippen LogP contribution in [0.5, 0.6) is 0 Å². The van der Waals surface area contributed by atoms with Crippen molar-refractivity contribution in [3.63, 3.8) is 0 Å².